The van der Waals surface area contributed by atoms with E-state index in [-0.39, 0.29) is 0 Å². The Morgan fingerprint density at radius 1 is 0.318 bits per heavy atom. The van der Waals surface area contributed by atoms with Crippen molar-refractivity contribution < 1.29 is 0 Å². The summed E-state index contributed by atoms with van der Waals surface area (Å²) in [6.45, 7) is 4.44. The van der Waals surface area contributed by atoms with Gasteiger partial charge in [-0.05, 0) is 110 Å². The Morgan fingerprint density at radius 3 is 1.55 bits per heavy atom. The predicted molar refractivity (Wildman–Crippen MR) is 190 cm³/mol. The summed E-state index contributed by atoms with van der Waals surface area (Å²) in [4.78, 5) is 0. The summed E-state index contributed by atoms with van der Waals surface area (Å²) >= 11 is 0. The molecule has 0 bridgehead atoms. The molecule has 0 unspecified atom stereocenters. The average Bonchev–Trinajstić information content (AvgIpc) is 3.37. The summed E-state index contributed by atoms with van der Waals surface area (Å²) < 4.78 is 0. The third-order valence-electron chi connectivity index (χ3n) is 9.91. The van der Waals surface area contributed by atoms with Gasteiger partial charge in [-0.25, -0.2) is 0 Å². The van der Waals surface area contributed by atoms with E-state index in [1.54, 1.807) is 0 Å². The van der Waals surface area contributed by atoms with Gasteiger partial charge in [-0.15, -0.1) is 0 Å². The van der Waals surface area contributed by atoms with Gasteiger partial charge in [0.2, 0.25) is 0 Å². The summed E-state index contributed by atoms with van der Waals surface area (Å²) in [5.41, 5.74) is 11.2. The highest BCUT2D eigenvalue weighted by Gasteiger charge is 2.24. The Balaban J connectivity index is 1.32. The normalized spacial score (nSPS) is 12.6. The highest BCUT2D eigenvalue weighted by atomic mass is 14.3. The molecule has 9 aromatic rings. The first-order valence-electron chi connectivity index (χ1n) is 15.3. The second-order valence-electron chi connectivity index (χ2n) is 12.1. The maximum atomic E-state index is 4.44. The molecule has 0 radical (unpaired) electrons. The van der Waals surface area contributed by atoms with Crippen LogP contribution >= 0.6 is 0 Å². The first-order chi connectivity index (χ1) is 21.8. The van der Waals surface area contributed by atoms with Gasteiger partial charge in [-0.3, -0.25) is 0 Å². The lowest BCUT2D eigenvalue weighted by atomic mass is 9.83. The molecule has 10 rings (SSSR count). The lowest BCUT2D eigenvalue weighted by molar-refractivity contribution is 1.63. The van der Waals surface area contributed by atoms with E-state index in [4.69, 9.17) is 0 Å². The van der Waals surface area contributed by atoms with Crippen molar-refractivity contribution in [3.8, 4) is 33.4 Å². The minimum absolute atomic E-state index is 1.11. The zero-order valence-electron chi connectivity index (χ0n) is 24.1. The van der Waals surface area contributed by atoms with E-state index in [9.17, 15) is 0 Å². The Morgan fingerprint density at radius 2 is 0.841 bits per heavy atom. The number of fused-ring (bicyclic) bond motifs is 5. The van der Waals surface area contributed by atoms with Crippen LogP contribution in [0.3, 0.4) is 0 Å². The maximum absolute atomic E-state index is 4.44. The molecule has 44 heavy (non-hydrogen) atoms. The van der Waals surface area contributed by atoms with Gasteiger partial charge < -0.3 is 0 Å². The van der Waals surface area contributed by atoms with Gasteiger partial charge in [0.25, 0.3) is 0 Å². The largest absolute Gasteiger partial charge is 0.0905 e. The number of hydrogen-bond donors (Lipinski definition) is 0. The molecule has 0 saturated heterocycles. The van der Waals surface area contributed by atoms with E-state index in [0.717, 1.165) is 5.57 Å². The summed E-state index contributed by atoms with van der Waals surface area (Å²) in [5.74, 6) is 0. The van der Waals surface area contributed by atoms with Crippen molar-refractivity contribution >= 4 is 59.4 Å². The van der Waals surface area contributed by atoms with Crippen molar-refractivity contribution in [3.63, 3.8) is 0 Å². The van der Waals surface area contributed by atoms with E-state index < -0.39 is 0 Å². The number of hydrogen-bond acceptors (Lipinski definition) is 0. The van der Waals surface area contributed by atoms with Crippen molar-refractivity contribution in [2.45, 2.75) is 0 Å². The molecular formula is C44H26. The summed E-state index contributed by atoms with van der Waals surface area (Å²) in [7, 11) is 0. The van der Waals surface area contributed by atoms with Gasteiger partial charge in [-0.2, -0.15) is 0 Å². The van der Waals surface area contributed by atoms with E-state index in [1.807, 2.05) is 0 Å². The first kappa shape index (κ1) is 23.8. The van der Waals surface area contributed by atoms with Gasteiger partial charge in [0.1, 0.15) is 0 Å². The Bertz CT molecular complexity index is 2600. The molecule has 0 amide bonds. The van der Waals surface area contributed by atoms with Crippen molar-refractivity contribution in [2.75, 3.05) is 0 Å². The van der Waals surface area contributed by atoms with Gasteiger partial charge in [-0.1, -0.05) is 146 Å². The fourth-order valence-corrected chi connectivity index (χ4v) is 7.99. The molecule has 0 heteroatoms. The molecule has 1 aliphatic carbocycles. The second kappa shape index (κ2) is 8.66. The fraction of sp³-hybridized carbons (Fsp3) is 0. The quantitative estimate of drug-likeness (QED) is 0.147. The minimum Gasteiger partial charge on any atom is -0.0905 e. The Hall–Kier alpha value is -5.72. The summed E-state index contributed by atoms with van der Waals surface area (Å²) in [6.07, 6.45) is 0. The molecule has 1 aliphatic rings. The van der Waals surface area contributed by atoms with Crippen molar-refractivity contribution in [3.05, 3.63) is 163 Å². The highest BCUT2D eigenvalue weighted by molar-refractivity contribution is 6.29. The first-order valence-corrected chi connectivity index (χ1v) is 15.3. The van der Waals surface area contributed by atoms with Gasteiger partial charge in [0.15, 0.2) is 0 Å². The highest BCUT2D eigenvalue weighted by Crippen LogP contribution is 2.49. The van der Waals surface area contributed by atoms with Crippen LogP contribution in [0, 0.1) is 0 Å². The molecule has 0 atom stereocenters. The van der Waals surface area contributed by atoms with E-state index >= 15 is 0 Å². The van der Waals surface area contributed by atoms with Crippen molar-refractivity contribution in [2.24, 2.45) is 0 Å². The average molecular weight is 555 g/mol. The van der Waals surface area contributed by atoms with Crippen LogP contribution in [0.5, 0.6) is 0 Å². The third kappa shape index (κ3) is 3.07. The van der Waals surface area contributed by atoms with Gasteiger partial charge in [0.05, 0.1) is 0 Å². The second-order valence-corrected chi connectivity index (χ2v) is 12.1. The minimum atomic E-state index is 1.11. The van der Waals surface area contributed by atoms with Crippen LogP contribution in [-0.4, -0.2) is 0 Å². The molecule has 0 aromatic heterocycles. The van der Waals surface area contributed by atoms with Crippen LogP contribution < -0.4 is 0 Å². The van der Waals surface area contributed by atoms with Crippen LogP contribution in [0.2, 0.25) is 0 Å². The summed E-state index contributed by atoms with van der Waals surface area (Å²) in [5, 5.41) is 13.0. The third-order valence-corrected chi connectivity index (χ3v) is 9.91. The smallest absolute Gasteiger partial charge is 0.00201 e. The molecule has 0 heterocycles. The Kier molecular flexibility index (Phi) is 4.68. The topological polar surface area (TPSA) is 0 Å². The number of benzene rings is 9. The molecule has 0 saturated carbocycles. The molecular weight excluding hydrogens is 528 g/mol. The van der Waals surface area contributed by atoms with Gasteiger partial charge in [0, 0.05) is 0 Å². The van der Waals surface area contributed by atoms with Crippen LogP contribution in [-0.2, 0) is 0 Å². The monoisotopic (exact) mass is 554 g/mol. The molecule has 0 nitrogen and oxygen atoms in total. The lowest BCUT2D eigenvalue weighted by Crippen LogP contribution is -1.93. The maximum Gasteiger partial charge on any atom is -0.00201 e. The van der Waals surface area contributed by atoms with Gasteiger partial charge >= 0.3 is 0 Å². The number of rotatable bonds is 2. The van der Waals surface area contributed by atoms with Crippen molar-refractivity contribution in [1.82, 2.24) is 0 Å². The molecule has 0 fully saturated rings. The summed E-state index contributed by atoms with van der Waals surface area (Å²) in [6, 6.07) is 54.0. The molecule has 0 aliphatic heterocycles. The standard InChI is InChI=1S/C44H26/c1-26-31-11-2-3-12-33(31)40-25-30(21-22-32(26)40)42-34-13-4-6-15-36(34)44(37-16-7-5-14-35(37)42)39-24-20-29-18-17-27-9-8-10-28-19-23-38(39)43(29)41(27)28/h2-25H,1H2. The van der Waals surface area contributed by atoms with Crippen LogP contribution in [0.4, 0.5) is 0 Å². The van der Waals surface area contributed by atoms with Crippen LogP contribution in [0.1, 0.15) is 11.1 Å². The zero-order valence-corrected chi connectivity index (χ0v) is 24.1. The van der Waals surface area contributed by atoms with E-state index in [0.29, 0.717) is 0 Å². The van der Waals surface area contributed by atoms with E-state index in [1.165, 1.54) is 98.4 Å². The molecule has 9 aromatic carbocycles. The fourth-order valence-electron chi connectivity index (χ4n) is 7.99. The SMILES string of the molecule is C=C1c2ccccc2-c2cc(-c3c4ccccc4c(-c4ccc5ccc6cccc7ccc4c5c67)c4ccccc34)ccc21. The predicted octanol–water partition coefficient (Wildman–Crippen LogP) is 12.3. The molecule has 0 spiro atoms. The van der Waals surface area contributed by atoms with Crippen LogP contribution in [0.15, 0.2) is 152 Å². The van der Waals surface area contributed by atoms with Crippen LogP contribution in [0.25, 0.3) is 92.8 Å². The lowest BCUT2D eigenvalue weighted by Gasteiger charge is -2.20. The molecule has 0 N–H and O–H groups in total. The van der Waals surface area contributed by atoms with E-state index in [2.05, 4.69) is 152 Å². The zero-order chi connectivity index (χ0) is 28.9. The Labute approximate surface area is 255 Å². The molecule has 202 valence electrons. The van der Waals surface area contributed by atoms with Crippen molar-refractivity contribution in [1.29, 1.82) is 0 Å².